The second kappa shape index (κ2) is 5.63. The fourth-order valence-electron chi connectivity index (χ4n) is 2.30. The average molecular weight is 290 g/mol. The summed E-state index contributed by atoms with van der Waals surface area (Å²) in [6, 6.07) is 4.20. The first kappa shape index (κ1) is 14.5. The first-order valence-electron chi connectivity index (χ1n) is 6.50. The number of rotatable bonds is 4. The van der Waals surface area contributed by atoms with Crippen LogP contribution in [0.4, 0.5) is 10.8 Å². The number of benzene rings is 1. The van der Waals surface area contributed by atoms with E-state index in [1.165, 1.54) is 16.9 Å². The molecule has 1 aromatic carbocycles. The zero-order valence-electron chi connectivity index (χ0n) is 12.1. The number of carboxylic acids is 1. The van der Waals surface area contributed by atoms with E-state index < -0.39 is 5.97 Å². The number of hydrogen-bond acceptors (Lipinski definition) is 4. The summed E-state index contributed by atoms with van der Waals surface area (Å²) in [5.74, 6) is -0.912. The van der Waals surface area contributed by atoms with Gasteiger partial charge in [0.05, 0.1) is 5.69 Å². The Labute approximate surface area is 122 Å². The third-order valence-electron chi connectivity index (χ3n) is 3.14. The van der Waals surface area contributed by atoms with E-state index in [4.69, 9.17) is 5.11 Å². The zero-order chi connectivity index (χ0) is 14.9. The summed E-state index contributed by atoms with van der Waals surface area (Å²) in [5, 5.41) is 13.1. The highest BCUT2D eigenvalue weighted by molar-refractivity contribution is 7.17. The van der Waals surface area contributed by atoms with E-state index in [-0.39, 0.29) is 0 Å². The number of thiazole rings is 1. The van der Waals surface area contributed by atoms with Gasteiger partial charge in [-0.15, -0.1) is 0 Å². The molecule has 1 heterocycles. The molecule has 0 fully saturated rings. The molecule has 4 nitrogen and oxygen atoms in total. The van der Waals surface area contributed by atoms with Gasteiger partial charge in [0.2, 0.25) is 0 Å². The predicted molar refractivity (Wildman–Crippen MR) is 82.4 cm³/mol. The van der Waals surface area contributed by atoms with Gasteiger partial charge in [0.15, 0.2) is 5.13 Å². The molecular formula is C15H18N2O2S. The lowest BCUT2D eigenvalue weighted by molar-refractivity contribution is 0.0701. The van der Waals surface area contributed by atoms with Crippen molar-refractivity contribution in [2.45, 2.75) is 34.1 Å². The molecule has 0 spiro atoms. The molecule has 0 aliphatic heterocycles. The number of hydrogen-bond donors (Lipinski definition) is 2. The molecule has 20 heavy (non-hydrogen) atoms. The maximum atomic E-state index is 11.2. The average Bonchev–Trinajstić information content (AvgIpc) is 2.77. The normalized spacial score (nSPS) is 10.6. The van der Waals surface area contributed by atoms with Crippen LogP contribution in [0.3, 0.4) is 0 Å². The number of anilines is 2. The van der Waals surface area contributed by atoms with Crippen molar-refractivity contribution in [1.82, 2.24) is 4.98 Å². The number of aryl methyl sites for hydroxylation is 4. The zero-order valence-corrected chi connectivity index (χ0v) is 12.9. The van der Waals surface area contributed by atoms with Crippen LogP contribution < -0.4 is 5.32 Å². The van der Waals surface area contributed by atoms with Gasteiger partial charge in [0.25, 0.3) is 0 Å². The first-order valence-corrected chi connectivity index (χ1v) is 7.32. The van der Waals surface area contributed by atoms with Crippen molar-refractivity contribution in [3.8, 4) is 0 Å². The number of nitrogens with zero attached hydrogens (tertiary/aromatic N) is 1. The lowest BCUT2D eigenvalue weighted by Crippen LogP contribution is -1.97. The Hall–Kier alpha value is -1.88. The van der Waals surface area contributed by atoms with E-state index in [1.54, 1.807) is 0 Å². The predicted octanol–water partition coefficient (Wildman–Crippen LogP) is 4.07. The highest BCUT2D eigenvalue weighted by Gasteiger charge is 2.16. The lowest BCUT2D eigenvalue weighted by atomic mass is 10.1. The Morgan fingerprint density at radius 2 is 1.90 bits per heavy atom. The van der Waals surface area contributed by atoms with Crippen molar-refractivity contribution in [1.29, 1.82) is 0 Å². The van der Waals surface area contributed by atoms with Crippen LogP contribution in [0.2, 0.25) is 0 Å². The van der Waals surface area contributed by atoms with E-state index in [0.717, 1.165) is 16.8 Å². The van der Waals surface area contributed by atoms with Gasteiger partial charge >= 0.3 is 5.97 Å². The van der Waals surface area contributed by atoms with Gasteiger partial charge in [0.1, 0.15) is 4.88 Å². The molecule has 2 aromatic rings. The van der Waals surface area contributed by atoms with Crippen LogP contribution in [0.1, 0.15) is 39.0 Å². The number of carbonyl (C=O) groups is 1. The lowest BCUT2D eigenvalue weighted by Gasteiger charge is -2.11. The highest BCUT2D eigenvalue weighted by Crippen LogP contribution is 2.30. The molecule has 0 bridgehead atoms. The van der Waals surface area contributed by atoms with Crippen LogP contribution in [-0.2, 0) is 6.42 Å². The molecule has 0 aliphatic carbocycles. The van der Waals surface area contributed by atoms with Gasteiger partial charge in [-0.2, -0.15) is 0 Å². The van der Waals surface area contributed by atoms with Crippen molar-refractivity contribution in [3.63, 3.8) is 0 Å². The minimum absolute atomic E-state index is 0.317. The number of aromatic carboxylic acids is 1. The molecule has 0 saturated heterocycles. The largest absolute Gasteiger partial charge is 0.477 e. The maximum absolute atomic E-state index is 11.2. The van der Waals surface area contributed by atoms with Crippen molar-refractivity contribution >= 4 is 28.1 Å². The molecule has 0 radical (unpaired) electrons. The molecule has 0 unspecified atom stereocenters. The molecule has 2 rings (SSSR count). The topological polar surface area (TPSA) is 62.2 Å². The first-order chi connectivity index (χ1) is 9.42. The molecule has 0 amide bonds. The molecule has 5 heteroatoms. The summed E-state index contributed by atoms with van der Waals surface area (Å²) >= 11 is 1.19. The summed E-state index contributed by atoms with van der Waals surface area (Å²) in [6.45, 7) is 8.04. The van der Waals surface area contributed by atoms with E-state index >= 15 is 0 Å². The Morgan fingerprint density at radius 3 is 2.35 bits per heavy atom. The Bertz CT molecular complexity index is 639. The summed E-state index contributed by atoms with van der Waals surface area (Å²) in [5.41, 5.74) is 5.11. The van der Waals surface area contributed by atoms with Crippen LogP contribution in [0.15, 0.2) is 12.1 Å². The van der Waals surface area contributed by atoms with Crippen molar-refractivity contribution < 1.29 is 9.90 Å². The minimum atomic E-state index is -0.912. The second-order valence-corrected chi connectivity index (χ2v) is 5.85. The van der Waals surface area contributed by atoms with Crippen LogP contribution >= 0.6 is 11.3 Å². The smallest absolute Gasteiger partial charge is 0.347 e. The molecular weight excluding hydrogens is 272 g/mol. The molecule has 0 atom stereocenters. The van der Waals surface area contributed by atoms with Gasteiger partial charge in [-0.05, 0) is 38.3 Å². The van der Waals surface area contributed by atoms with Crippen molar-refractivity contribution in [3.05, 3.63) is 39.4 Å². The third-order valence-corrected chi connectivity index (χ3v) is 4.14. The van der Waals surface area contributed by atoms with Crippen LogP contribution in [0.5, 0.6) is 0 Å². The van der Waals surface area contributed by atoms with Gasteiger partial charge in [-0.1, -0.05) is 36.0 Å². The summed E-state index contributed by atoms with van der Waals surface area (Å²) < 4.78 is 0. The number of aromatic nitrogens is 1. The Kier molecular flexibility index (Phi) is 4.09. The second-order valence-electron chi connectivity index (χ2n) is 4.85. The van der Waals surface area contributed by atoms with E-state index in [0.29, 0.717) is 22.1 Å². The molecule has 1 aromatic heterocycles. The minimum Gasteiger partial charge on any atom is -0.477 e. The fourth-order valence-corrected chi connectivity index (χ4v) is 3.19. The van der Waals surface area contributed by atoms with Gasteiger partial charge < -0.3 is 10.4 Å². The monoisotopic (exact) mass is 290 g/mol. The van der Waals surface area contributed by atoms with E-state index in [1.807, 2.05) is 20.8 Å². The molecule has 106 valence electrons. The summed E-state index contributed by atoms with van der Waals surface area (Å²) in [6.07, 6.45) is 0.617. The SMILES string of the molecule is CCc1nc(Nc2c(C)cc(C)cc2C)sc1C(=O)O. The number of nitrogens with one attached hydrogen (secondary N) is 1. The molecule has 2 N–H and O–H groups in total. The van der Waals surface area contributed by atoms with Crippen molar-refractivity contribution in [2.24, 2.45) is 0 Å². The summed E-state index contributed by atoms with van der Waals surface area (Å²) in [4.78, 5) is 15.9. The summed E-state index contributed by atoms with van der Waals surface area (Å²) in [7, 11) is 0. The van der Waals surface area contributed by atoms with Gasteiger partial charge in [-0.3, -0.25) is 0 Å². The third kappa shape index (κ3) is 2.82. The van der Waals surface area contributed by atoms with Gasteiger partial charge in [-0.25, -0.2) is 9.78 Å². The van der Waals surface area contributed by atoms with Gasteiger partial charge in [0, 0.05) is 5.69 Å². The number of carboxylic acid groups (broad SMARTS) is 1. The van der Waals surface area contributed by atoms with Crippen LogP contribution in [0.25, 0.3) is 0 Å². The fraction of sp³-hybridized carbons (Fsp3) is 0.333. The standard InChI is InChI=1S/C15H18N2O2S/c1-5-11-13(14(18)19)20-15(16-11)17-12-9(3)6-8(2)7-10(12)4/h6-7H,5H2,1-4H3,(H,16,17)(H,18,19). The Balaban J connectivity index is 2.38. The molecule has 0 saturated carbocycles. The highest BCUT2D eigenvalue weighted by atomic mass is 32.1. The van der Waals surface area contributed by atoms with E-state index in [2.05, 4.69) is 29.4 Å². The van der Waals surface area contributed by atoms with Crippen LogP contribution in [-0.4, -0.2) is 16.1 Å². The maximum Gasteiger partial charge on any atom is 0.347 e. The van der Waals surface area contributed by atoms with E-state index in [9.17, 15) is 4.79 Å². The van der Waals surface area contributed by atoms with Crippen molar-refractivity contribution in [2.75, 3.05) is 5.32 Å². The quantitative estimate of drug-likeness (QED) is 0.891. The van der Waals surface area contributed by atoms with Crippen LogP contribution in [0, 0.1) is 20.8 Å². The Morgan fingerprint density at radius 1 is 1.30 bits per heavy atom. The molecule has 0 aliphatic rings.